The zero-order chi connectivity index (χ0) is 12.6. The summed E-state index contributed by atoms with van der Waals surface area (Å²) in [5.74, 6) is 0. The topological polar surface area (TPSA) is 49.9 Å². The Morgan fingerprint density at radius 3 is 2.22 bits per heavy atom. The number of fused-ring (bicyclic) bond motifs is 1. The summed E-state index contributed by atoms with van der Waals surface area (Å²) >= 11 is -4.29. The first-order valence-corrected chi connectivity index (χ1v) is 8.67. The molecule has 0 atom stereocenters. The van der Waals surface area contributed by atoms with Crippen LogP contribution in [0.1, 0.15) is 0 Å². The first kappa shape index (κ1) is 11.2. The van der Waals surface area contributed by atoms with Crippen molar-refractivity contribution in [1.29, 1.82) is 0 Å². The second kappa shape index (κ2) is 4.09. The Morgan fingerprint density at radius 2 is 1.50 bits per heavy atom. The van der Waals surface area contributed by atoms with E-state index in [9.17, 15) is 7.67 Å². The molecular weight excluding hydrogens is 293 g/mol. The Balaban J connectivity index is 2.20. The van der Waals surface area contributed by atoms with Crippen molar-refractivity contribution in [2.45, 2.75) is 0 Å². The van der Waals surface area contributed by atoms with E-state index in [-0.39, 0.29) is 0 Å². The molecule has 0 fully saturated rings. The molecule has 0 saturated heterocycles. The van der Waals surface area contributed by atoms with Crippen LogP contribution in [-0.2, 0) is 7.67 Å². The van der Waals surface area contributed by atoms with E-state index in [0.29, 0.717) is 9.05 Å². The van der Waals surface area contributed by atoms with E-state index in [1.807, 2.05) is 30.3 Å². The Kier molecular flexibility index (Phi) is 2.54. The SMILES string of the molecule is O=[Se](=O)(c1ccccc1)c1cc2ccccc2[nH]1. The normalized spacial score (nSPS) is 11.8. The number of rotatable bonds is 2. The van der Waals surface area contributed by atoms with Gasteiger partial charge in [0.25, 0.3) is 0 Å². The van der Waals surface area contributed by atoms with Gasteiger partial charge in [-0.3, -0.25) is 0 Å². The molecule has 1 N–H and O–H groups in total. The molecule has 0 amide bonds. The van der Waals surface area contributed by atoms with E-state index in [0.717, 1.165) is 10.9 Å². The van der Waals surface area contributed by atoms with Gasteiger partial charge in [-0.2, -0.15) is 0 Å². The molecule has 4 heteroatoms. The second-order valence-corrected chi connectivity index (χ2v) is 8.06. The molecule has 0 bridgehead atoms. The van der Waals surface area contributed by atoms with Gasteiger partial charge in [-0.05, 0) is 0 Å². The fourth-order valence-electron chi connectivity index (χ4n) is 1.92. The number of nitrogens with one attached hydrogen (secondary N) is 1. The molecule has 3 nitrogen and oxygen atoms in total. The van der Waals surface area contributed by atoms with Gasteiger partial charge in [-0.15, -0.1) is 0 Å². The minimum atomic E-state index is -4.29. The van der Waals surface area contributed by atoms with Crippen molar-refractivity contribution < 1.29 is 7.67 Å². The molecule has 0 unspecified atom stereocenters. The van der Waals surface area contributed by atoms with Crippen LogP contribution in [0.2, 0.25) is 0 Å². The zero-order valence-electron chi connectivity index (χ0n) is 9.50. The van der Waals surface area contributed by atoms with Crippen molar-refractivity contribution >= 4 is 32.7 Å². The van der Waals surface area contributed by atoms with Crippen LogP contribution in [0, 0.1) is 0 Å². The van der Waals surface area contributed by atoms with E-state index in [2.05, 4.69) is 4.98 Å². The summed E-state index contributed by atoms with van der Waals surface area (Å²) in [5.41, 5.74) is 0.844. The average molecular weight is 304 g/mol. The summed E-state index contributed by atoms with van der Waals surface area (Å²) in [4.78, 5) is 2.98. The van der Waals surface area contributed by atoms with E-state index >= 15 is 0 Å². The van der Waals surface area contributed by atoms with E-state index in [1.165, 1.54) is 0 Å². The van der Waals surface area contributed by atoms with Crippen LogP contribution in [0.5, 0.6) is 0 Å². The predicted molar refractivity (Wildman–Crippen MR) is 71.1 cm³/mol. The van der Waals surface area contributed by atoms with Crippen LogP contribution < -0.4 is 9.05 Å². The number of aromatic amines is 1. The number of hydrogen-bond donors (Lipinski definition) is 1. The van der Waals surface area contributed by atoms with Crippen LogP contribution in [0.3, 0.4) is 0 Å². The Bertz CT molecular complexity index is 756. The Labute approximate surface area is 106 Å². The van der Waals surface area contributed by atoms with Gasteiger partial charge in [0.05, 0.1) is 0 Å². The number of benzene rings is 2. The van der Waals surface area contributed by atoms with Crippen LogP contribution >= 0.6 is 0 Å². The fourth-order valence-corrected chi connectivity index (χ4v) is 4.64. The monoisotopic (exact) mass is 305 g/mol. The van der Waals surface area contributed by atoms with Gasteiger partial charge < -0.3 is 0 Å². The molecule has 0 aliphatic rings. The summed E-state index contributed by atoms with van der Waals surface area (Å²) in [7, 11) is 0. The number of aromatic nitrogens is 1. The van der Waals surface area contributed by atoms with E-state index in [4.69, 9.17) is 0 Å². The quantitative estimate of drug-likeness (QED) is 0.731. The first-order valence-electron chi connectivity index (χ1n) is 5.56. The Hall–Kier alpha value is -1.90. The summed E-state index contributed by atoms with van der Waals surface area (Å²) in [6.45, 7) is 0. The van der Waals surface area contributed by atoms with Crippen molar-refractivity contribution in [2.24, 2.45) is 0 Å². The molecule has 90 valence electrons. The standard InChI is InChI=1S/C14H11NO2Se/c16-18(17,12-7-2-1-3-8-12)14-10-11-6-4-5-9-13(11)15-14/h1-10,15H. The third kappa shape index (κ3) is 1.76. The number of H-pyrrole nitrogens is 1. The van der Waals surface area contributed by atoms with Gasteiger partial charge in [0.15, 0.2) is 0 Å². The molecule has 2 aromatic carbocycles. The summed E-state index contributed by atoms with van der Waals surface area (Å²) in [5, 5.41) is 0.914. The second-order valence-electron chi connectivity index (χ2n) is 4.04. The van der Waals surface area contributed by atoms with Crippen LogP contribution in [0.4, 0.5) is 0 Å². The van der Waals surface area contributed by atoms with Gasteiger partial charge in [-0.25, -0.2) is 0 Å². The molecular formula is C14H11NO2Se. The molecule has 1 heterocycles. The molecule has 0 aliphatic heterocycles. The maximum absolute atomic E-state index is 12.4. The molecule has 3 aromatic rings. The minimum absolute atomic E-state index is 0.304. The van der Waals surface area contributed by atoms with Crippen molar-refractivity contribution in [2.75, 3.05) is 0 Å². The molecule has 0 saturated carbocycles. The van der Waals surface area contributed by atoms with Crippen LogP contribution in [-0.4, -0.2) is 17.7 Å². The van der Waals surface area contributed by atoms with Crippen molar-refractivity contribution in [3.8, 4) is 0 Å². The van der Waals surface area contributed by atoms with Crippen molar-refractivity contribution in [3.63, 3.8) is 0 Å². The molecule has 1 aromatic heterocycles. The van der Waals surface area contributed by atoms with E-state index in [1.54, 1.807) is 30.3 Å². The molecule has 0 radical (unpaired) electrons. The fraction of sp³-hybridized carbons (Fsp3) is 0. The van der Waals surface area contributed by atoms with Gasteiger partial charge in [0.2, 0.25) is 0 Å². The predicted octanol–water partition coefficient (Wildman–Crippen LogP) is 1.59. The Morgan fingerprint density at radius 1 is 0.833 bits per heavy atom. The van der Waals surface area contributed by atoms with E-state index < -0.39 is 12.7 Å². The number of hydrogen-bond acceptors (Lipinski definition) is 2. The third-order valence-corrected chi connectivity index (χ3v) is 6.40. The number of para-hydroxylation sites is 1. The molecule has 0 spiro atoms. The van der Waals surface area contributed by atoms with Gasteiger partial charge >= 0.3 is 106 Å². The molecule has 3 rings (SSSR count). The maximum atomic E-state index is 12.4. The van der Waals surface area contributed by atoms with Gasteiger partial charge in [-0.1, -0.05) is 0 Å². The third-order valence-electron chi connectivity index (χ3n) is 2.85. The van der Waals surface area contributed by atoms with Crippen molar-refractivity contribution in [1.82, 2.24) is 4.98 Å². The van der Waals surface area contributed by atoms with Gasteiger partial charge in [0, 0.05) is 0 Å². The summed E-state index contributed by atoms with van der Waals surface area (Å²) < 4.78 is 25.6. The van der Waals surface area contributed by atoms with Gasteiger partial charge in [0.1, 0.15) is 0 Å². The average Bonchev–Trinajstić information content (AvgIpc) is 2.84. The first-order chi connectivity index (χ1) is 8.68. The van der Waals surface area contributed by atoms with Crippen molar-refractivity contribution in [3.05, 3.63) is 60.7 Å². The molecule has 18 heavy (non-hydrogen) atoms. The zero-order valence-corrected chi connectivity index (χ0v) is 11.2. The van der Waals surface area contributed by atoms with Crippen LogP contribution in [0.15, 0.2) is 60.7 Å². The van der Waals surface area contributed by atoms with Crippen LogP contribution in [0.25, 0.3) is 10.9 Å². The molecule has 0 aliphatic carbocycles. The summed E-state index contributed by atoms with van der Waals surface area (Å²) in [6, 6.07) is 17.8. The summed E-state index contributed by atoms with van der Waals surface area (Å²) in [6.07, 6.45) is 0.